The predicted octanol–water partition coefficient (Wildman–Crippen LogP) is 6.67. The van der Waals surface area contributed by atoms with Crippen LogP contribution in [0, 0.1) is 0 Å². The SMILES string of the molecule is C=CCCCCCCc1ccc(Br)nc1NC(=O)[C@H](CC=C)N(C)C(=O)OCc1ccccc1. The number of benzene rings is 1. The number of pyridine rings is 1. The molecule has 0 bridgehead atoms. The highest BCUT2D eigenvalue weighted by Gasteiger charge is 2.28. The minimum absolute atomic E-state index is 0.135. The molecule has 2 rings (SSSR count). The molecule has 34 heavy (non-hydrogen) atoms. The molecule has 1 aromatic carbocycles. The second-order valence-electron chi connectivity index (χ2n) is 8.06. The lowest BCUT2D eigenvalue weighted by Crippen LogP contribution is -2.45. The van der Waals surface area contributed by atoms with Gasteiger partial charge in [-0.3, -0.25) is 9.69 Å². The van der Waals surface area contributed by atoms with Crippen LogP contribution in [0.3, 0.4) is 0 Å². The molecule has 1 N–H and O–H groups in total. The van der Waals surface area contributed by atoms with Gasteiger partial charge in [-0.05, 0) is 65.2 Å². The molecule has 0 unspecified atom stereocenters. The van der Waals surface area contributed by atoms with Crippen molar-refractivity contribution >= 4 is 33.7 Å². The first kappa shape index (κ1) is 27.3. The molecule has 0 radical (unpaired) electrons. The van der Waals surface area contributed by atoms with Crippen LogP contribution in [0.4, 0.5) is 10.6 Å². The van der Waals surface area contributed by atoms with E-state index >= 15 is 0 Å². The van der Waals surface area contributed by atoms with Gasteiger partial charge in [0.25, 0.3) is 0 Å². The van der Waals surface area contributed by atoms with Crippen LogP contribution in [0.15, 0.2) is 72.4 Å². The van der Waals surface area contributed by atoms with Gasteiger partial charge in [0.1, 0.15) is 23.1 Å². The number of halogens is 1. The molecule has 6 nitrogen and oxygen atoms in total. The van der Waals surface area contributed by atoms with Crippen molar-refractivity contribution in [3.63, 3.8) is 0 Å². The number of likely N-dealkylation sites (N-methyl/N-ethyl adjacent to an activating group) is 1. The number of nitrogens with zero attached hydrogens (tertiary/aromatic N) is 2. The summed E-state index contributed by atoms with van der Waals surface area (Å²) in [6, 6.07) is 12.5. The maximum atomic E-state index is 13.2. The molecule has 0 saturated heterocycles. The summed E-state index contributed by atoms with van der Waals surface area (Å²) in [7, 11) is 1.56. The van der Waals surface area contributed by atoms with Gasteiger partial charge in [0, 0.05) is 7.05 Å². The second kappa shape index (κ2) is 15.1. The number of ether oxygens (including phenoxy) is 1. The zero-order valence-electron chi connectivity index (χ0n) is 19.8. The number of aryl methyl sites for hydroxylation is 1. The Morgan fingerprint density at radius 3 is 2.53 bits per heavy atom. The van der Waals surface area contributed by atoms with E-state index in [0.29, 0.717) is 10.4 Å². The van der Waals surface area contributed by atoms with E-state index in [4.69, 9.17) is 4.74 Å². The lowest BCUT2D eigenvalue weighted by Gasteiger charge is -2.26. The van der Waals surface area contributed by atoms with Crippen LogP contribution in [0.25, 0.3) is 0 Å². The zero-order valence-corrected chi connectivity index (χ0v) is 21.4. The third kappa shape index (κ3) is 9.14. The summed E-state index contributed by atoms with van der Waals surface area (Å²) in [4.78, 5) is 31.6. The molecule has 1 atom stereocenters. The van der Waals surface area contributed by atoms with E-state index in [1.54, 1.807) is 13.1 Å². The van der Waals surface area contributed by atoms with Crippen LogP contribution in [-0.2, 0) is 22.6 Å². The Morgan fingerprint density at radius 1 is 1.09 bits per heavy atom. The van der Waals surface area contributed by atoms with Crippen molar-refractivity contribution in [2.75, 3.05) is 12.4 Å². The van der Waals surface area contributed by atoms with Gasteiger partial charge < -0.3 is 10.1 Å². The van der Waals surface area contributed by atoms with E-state index in [2.05, 4.69) is 39.4 Å². The standard InChI is InChI=1S/C27H34BrN3O3/c1-4-6-7-8-9-13-17-22-18-19-24(28)29-25(22)30-26(32)23(14-5-2)31(3)27(33)34-20-21-15-11-10-12-16-21/h4-5,10-12,15-16,18-19,23H,1-2,6-9,13-14,17,20H2,3H3,(H,29,30,32)/t23-/m0/s1. The molecule has 2 amide bonds. The number of rotatable bonds is 14. The summed E-state index contributed by atoms with van der Waals surface area (Å²) in [5, 5.41) is 2.92. The van der Waals surface area contributed by atoms with Gasteiger partial charge >= 0.3 is 6.09 Å². The minimum atomic E-state index is -0.770. The summed E-state index contributed by atoms with van der Waals surface area (Å²) in [5.74, 6) is 0.169. The van der Waals surface area contributed by atoms with E-state index in [0.717, 1.165) is 49.7 Å². The van der Waals surface area contributed by atoms with Crippen molar-refractivity contribution in [2.24, 2.45) is 0 Å². The molecule has 1 aromatic heterocycles. The predicted molar refractivity (Wildman–Crippen MR) is 141 cm³/mol. The first-order valence-electron chi connectivity index (χ1n) is 11.6. The van der Waals surface area contributed by atoms with Crippen molar-refractivity contribution < 1.29 is 14.3 Å². The highest BCUT2D eigenvalue weighted by molar-refractivity contribution is 9.10. The number of amides is 2. The fourth-order valence-electron chi connectivity index (χ4n) is 3.48. The Kier molecular flexibility index (Phi) is 12.1. The van der Waals surface area contributed by atoms with Crippen molar-refractivity contribution in [2.45, 2.75) is 57.6 Å². The van der Waals surface area contributed by atoms with Crippen LogP contribution in [0.1, 0.15) is 49.7 Å². The van der Waals surface area contributed by atoms with E-state index < -0.39 is 12.1 Å². The summed E-state index contributed by atoms with van der Waals surface area (Å²) in [5.41, 5.74) is 1.84. The third-order valence-electron chi connectivity index (χ3n) is 5.44. The molecule has 1 heterocycles. The lowest BCUT2D eigenvalue weighted by atomic mass is 10.1. The van der Waals surface area contributed by atoms with Crippen molar-refractivity contribution in [1.29, 1.82) is 0 Å². The normalized spacial score (nSPS) is 11.4. The lowest BCUT2D eigenvalue weighted by molar-refractivity contribution is -0.120. The minimum Gasteiger partial charge on any atom is -0.445 e. The highest BCUT2D eigenvalue weighted by atomic mass is 79.9. The van der Waals surface area contributed by atoms with Crippen molar-refractivity contribution in [3.8, 4) is 0 Å². The summed E-state index contributed by atoms with van der Waals surface area (Å²) in [6.07, 6.45) is 9.51. The monoisotopic (exact) mass is 527 g/mol. The van der Waals surface area contributed by atoms with E-state index in [9.17, 15) is 9.59 Å². The van der Waals surface area contributed by atoms with E-state index in [1.165, 1.54) is 4.90 Å². The highest BCUT2D eigenvalue weighted by Crippen LogP contribution is 2.21. The summed E-state index contributed by atoms with van der Waals surface area (Å²) >= 11 is 3.39. The van der Waals surface area contributed by atoms with Crippen LogP contribution in [0.5, 0.6) is 0 Å². The number of nitrogens with one attached hydrogen (secondary N) is 1. The van der Waals surface area contributed by atoms with Gasteiger partial charge in [-0.25, -0.2) is 9.78 Å². The number of hydrogen-bond acceptors (Lipinski definition) is 4. The fraction of sp³-hybridized carbons (Fsp3) is 0.370. The van der Waals surface area contributed by atoms with Gasteiger partial charge in [-0.1, -0.05) is 61.4 Å². The van der Waals surface area contributed by atoms with Crippen LogP contribution >= 0.6 is 15.9 Å². The molecular formula is C27H34BrN3O3. The van der Waals surface area contributed by atoms with Gasteiger partial charge in [0.2, 0.25) is 5.91 Å². The smallest absolute Gasteiger partial charge is 0.410 e. The molecule has 0 aliphatic rings. The summed E-state index contributed by atoms with van der Waals surface area (Å²) < 4.78 is 6.03. The molecule has 0 aliphatic heterocycles. The maximum absolute atomic E-state index is 13.2. The zero-order chi connectivity index (χ0) is 24.8. The molecule has 182 valence electrons. The Hall–Kier alpha value is -2.93. The van der Waals surface area contributed by atoms with Gasteiger partial charge in [-0.15, -0.1) is 13.2 Å². The maximum Gasteiger partial charge on any atom is 0.410 e. The Morgan fingerprint density at radius 2 is 1.82 bits per heavy atom. The van der Waals surface area contributed by atoms with Gasteiger partial charge in [0.05, 0.1) is 0 Å². The average Bonchev–Trinajstić information content (AvgIpc) is 2.84. The van der Waals surface area contributed by atoms with Crippen LogP contribution in [-0.4, -0.2) is 35.0 Å². The summed E-state index contributed by atoms with van der Waals surface area (Å²) in [6.45, 7) is 7.63. The molecule has 7 heteroatoms. The number of carbonyl (C=O) groups is 2. The van der Waals surface area contributed by atoms with E-state index in [1.807, 2.05) is 48.5 Å². The first-order valence-corrected chi connectivity index (χ1v) is 12.4. The Balaban J connectivity index is 2.01. The second-order valence-corrected chi connectivity index (χ2v) is 8.88. The van der Waals surface area contributed by atoms with Crippen molar-refractivity contribution in [1.82, 2.24) is 9.88 Å². The first-order chi connectivity index (χ1) is 16.5. The molecule has 0 aliphatic carbocycles. The molecule has 2 aromatic rings. The third-order valence-corrected chi connectivity index (χ3v) is 5.89. The van der Waals surface area contributed by atoms with Gasteiger partial charge in [-0.2, -0.15) is 0 Å². The largest absolute Gasteiger partial charge is 0.445 e. The molecular weight excluding hydrogens is 494 g/mol. The Bertz CT molecular complexity index is 949. The van der Waals surface area contributed by atoms with Crippen LogP contribution < -0.4 is 5.32 Å². The number of anilines is 1. The number of unbranched alkanes of at least 4 members (excludes halogenated alkanes) is 4. The Labute approximate surface area is 211 Å². The number of allylic oxidation sites excluding steroid dienone is 1. The number of carbonyl (C=O) groups excluding carboxylic acids is 2. The molecule has 0 saturated carbocycles. The number of aromatic nitrogens is 1. The topological polar surface area (TPSA) is 71.5 Å². The van der Waals surface area contributed by atoms with Crippen molar-refractivity contribution in [3.05, 3.63) is 83.5 Å². The fourth-order valence-corrected chi connectivity index (χ4v) is 3.79. The van der Waals surface area contributed by atoms with E-state index in [-0.39, 0.29) is 18.9 Å². The molecule has 0 fully saturated rings. The quantitative estimate of drug-likeness (QED) is 0.169. The van der Waals surface area contributed by atoms with Crippen LogP contribution in [0.2, 0.25) is 0 Å². The van der Waals surface area contributed by atoms with Gasteiger partial charge in [0.15, 0.2) is 0 Å². The number of hydrogen-bond donors (Lipinski definition) is 1. The average molecular weight is 528 g/mol. The molecule has 0 spiro atoms.